The Bertz CT molecular complexity index is 595. The van der Waals surface area contributed by atoms with E-state index in [-0.39, 0.29) is 0 Å². The number of hydrogen-bond donors (Lipinski definition) is 1. The maximum absolute atomic E-state index is 5.85. The first kappa shape index (κ1) is 18.5. The highest BCUT2D eigenvalue weighted by atomic mass is 16.5. The molecule has 1 spiro atoms. The summed E-state index contributed by atoms with van der Waals surface area (Å²) in [5.41, 5.74) is 5.04. The van der Waals surface area contributed by atoms with Gasteiger partial charge in [0.1, 0.15) is 0 Å². The number of nitrogens with one attached hydrogen (secondary N) is 1. The van der Waals surface area contributed by atoms with E-state index >= 15 is 0 Å². The minimum atomic E-state index is 0.495. The van der Waals surface area contributed by atoms with E-state index in [1.54, 1.807) is 11.3 Å². The number of aromatic nitrogens is 2. The average molecular weight is 361 g/mol. The van der Waals surface area contributed by atoms with E-state index in [0.717, 1.165) is 45.3 Å². The van der Waals surface area contributed by atoms with E-state index in [9.17, 15) is 0 Å². The summed E-state index contributed by atoms with van der Waals surface area (Å²) >= 11 is 0. The molecule has 0 amide bonds. The van der Waals surface area contributed by atoms with E-state index in [4.69, 9.17) is 9.84 Å². The summed E-state index contributed by atoms with van der Waals surface area (Å²) in [6.45, 7) is 6.19. The van der Waals surface area contributed by atoms with Crippen molar-refractivity contribution in [2.24, 2.45) is 5.41 Å². The van der Waals surface area contributed by atoms with Crippen LogP contribution in [0.15, 0.2) is 0 Å². The SMILES string of the molecule is CNCCN(C)Cc1nn2c(c1[C@H]1CC[C@@]3(CCCOC3)CC1)CCC2. The normalized spacial score (nSPS) is 28.8. The summed E-state index contributed by atoms with van der Waals surface area (Å²) in [4.78, 5) is 2.41. The van der Waals surface area contributed by atoms with Crippen LogP contribution in [0.25, 0.3) is 0 Å². The van der Waals surface area contributed by atoms with Crippen LogP contribution in [0, 0.1) is 5.41 Å². The highest BCUT2D eigenvalue weighted by Gasteiger charge is 2.39. The summed E-state index contributed by atoms with van der Waals surface area (Å²) in [5, 5.41) is 8.30. The summed E-state index contributed by atoms with van der Waals surface area (Å²) in [7, 11) is 4.25. The lowest BCUT2D eigenvalue weighted by Gasteiger charge is -2.42. The smallest absolute Gasteiger partial charge is 0.0802 e. The van der Waals surface area contributed by atoms with Crippen molar-refractivity contribution < 1.29 is 4.74 Å². The highest BCUT2D eigenvalue weighted by molar-refractivity contribution is 5.33. The molecule has 1 saturated carbocycles. The summed E-state index contributed by atoms with van der Waals surface area (Å²) in [6, 6.07) is 0. The summed E-state index contributed by atoms with van der Waals surface area (Å²) < 4.78 is 8.17. The summed E-state index contributed by atoms with van der Waals surface area (Å²) in [6.07, 6.45) is 10.5. The van der Waals surface area contributed by atoms with Crippen LogP contribution in [0.3, 0.4) is 0 Å². The molecule has 1 aliphatic carbocycles. The molecule has 2 fully saturated rings. The van der Waals surface area contributed by atoms with Gasteiger partial charge in [-0.1, -0.05) is 0 Å². The van der Waals surface area contributed by atoms with Gasteiger partial charge in [0, 0.05) is 44.0 Å². The molecule has 2 aliphatic heterocycles. The van der Waals surface area contributed by atoms with Crippen molar-refractivity contribution in [3.8, 4) is 0 Å². The third-order valence-electron chi connectivity index (χ3n) is 6.98. The zero-order valence-electron chi connectivity index (χ0n) is 16.7. The zero-order valence-corrected chi connectivity index (χ0v) is 16.7. The number of rotatable bonds is 6. The van der Waals surface area contributed by atoms with E-state index in [1.807, 2.05) is 7.05 Å². The second kappa shape index (κ2) is 7.99. The molecule has 5 heteroatoms. The van der Waals surface area contributed by atoms with Crippen LogP contribution < -0.4 is 5.32 Å². The van der Waals surface area contributed by atoms with Crippen LogP contribution in [-0.4, -0.2) is 55.1 Å². The molecule has 26 heavy (non-hydrogen) atoms. The van der Waals surface area contributed by atoms with E-state index in [1.165, 1.54) is 57.1 Å². The van der Waals surface area contributed by atoms with Gasteiger partial charge in [0.2, 0.25) is 0 Å². The minimum absolute atomic E-state index is 0.495. The molecule has 0 bridgehead atoms. The van der Waals surface area contributed by atoms with Gasteiger partial charge in [-0.25, -0.2) is 0 Å². The Morgan fingerprint density at radius 1 is 1.27 bits per heavy atom. The van der Waals surface area contributed by atoms with Crippen LogP contribution in [0.5, 0.6) is 0 Å². The van der Waals surface area contributed by atoms with E-state index < -0.39 is 0 Å². The third kappa shape index (κ3) is 3.71. The number of likely N-dealkylation sites (N-methyl/N-ethyl adjacent to an activating group) is 2. The molecule has 1 aromatic heterocycles. The predicted molar refractivity (Wildman–Crippen MR) is 105 cm³/mol. The van der Waals surface area contributed by atoms with Crippen LogP contribution in [0.2, 0.25) is 0 Å². The minimum Gasteiger partial charge on any atom is -0.381 e. The number of ether oxygens (including phenoxy) is 1. The molecule has 0 atom stereocenters. The first-order valence-electron chi connectivity index (χ1n) is 10.7. The topological polar surface area (TPSA) is 42.3 Å². The molecule has 3 heterocycles. The fourth-order valence-corrected chi connectivity index (χ4v) is 5.46. The lowest BCUT2D eigenvalue weighted by molar-refractivity contribution is -0.0309. The second-order valence-corrected chi connectivity index (χ2v) is 8.91. The van der Waals surface area contributed by atoms with Gasteiger partial charge in [0.15, 0.2) is 0 Å². The van der Waals surface area contributed by atoms with Crippen molar-refractivity contribution in [1.29, 1.82) is 0 Å². The molecule has 0 unspecified atom stereocenters. The van der Waals surface area contributed by atoms with Gasteiger partial charge >= 0.3 is 0 Å². The van der Waals surface area contributed by atoms with Crippen LogP contribution in [0.4, 0.5) is 0 Å². The first-order chi connectivity index (χ1) is 12.7. The third-order valence-corrected chi connectivity index (χ3v) is 6.98. The molecule has 1 aromatic rings. The molecule has 0 aromatic carbocycles. The second-order valence-electron chi connectivity index (χ2n) is 8.91. The standard InChI is InChI=1S/C21H36N4O/c1-22-11-13-24(2)15-18-20(19-5-3-12-25(19)23-18)17-6-9-21(10-7-17)8-4-14-26-16-21/h17,22H,3-16H2,1-2H3/t17-,21-. The maximum atomic E-state index is 5.85. The van der Waals surface area contributed by atoms with Crippen molar-refractivity contribution in [2.45, 2.75) is 70.4 Å². The van der Waals surface area contributed by atoms with E-state index in [0.29, 0.717) is 5.41 Å². The Morgan fingerprint density at radius 2 is 2.12 bits per heavy atom. The monoisotopic (exact) mass is 360 g/mol. The van der Waals surface area contributed by atoms with Crippen molar-refractivity contribution >= 4 is 0 Å². The Kier molecular flexibility index (Phi) is 5.67. The van der Waals surface area contributed by atoms with Gasteiger partial charge < -0.3 is 10.1 Å². The Hall–Kier alpha value is -0.910. The van der Waals surface area contributed by atoms with Crippen molar-refractivity contribution in [3.63, 3.8) is 0 Å². The number of nitrogens with zero attached hydrogens (tertiary/aromatic N) is 3. The van der Waals surface area contributed by atoms with Gasteiger partial charge in [0.25, 0.3) is 0 Å². The molecule has 5 nitrogen and oxygen atoms in total. The molecule has 0 radical (unpaired) electrons. The lowest BCUT2D eigenvalue weighted by atomic mass is 9.66. The molecular weight excluding hydrogens is 324 g/mol. The van der Waals surface area contributed by atoms with Gasteiger partial charge in [-0.05, 0) is 76.8 Å². The van der Waals surface area contributed by atoms with Crippen molar-refractivity contribution in [1.82, 2.24) is 20.0 Å². The predicted octanol–water partition coefficient (Wildman–Crippen LogP) is 2.93. The summed E-state index contributed by atoms with van der Waals surface area (Å²) in [5.74, 6) is 0.720. The van der Waals surface area contributed by atoms with Gasteiger partial charge in [-0.2, -0.15) is 5.10 Å². The van der Waals surface area contributed by atoms with Gasteiger partial charge in [0.05, 0.1) is 12.3 Å². The first-order valence-corrected chi connectivity index (χ1v) is 10.7. The molecule has 1 N–H and O–H groups in total. The fraction of sp³-hybridized carbons (Fsp3) is 0.857. The van der Waals surface area contributed by atoms with Gasteiger partial charge in [-0.3, -0.25) is 9.58 Å². The largest absolute Gasteiger partial charge is 0.381 e. The molecule has 3 aliphatic rings. The highest BCUT2D eigenvalue weighted by Crippen LogP contribution is 2.48. The molecule has 4 rings (SSSR count). The molecular formula is C21H36N4O. The lowest BCUT2D eigenvalue weighted by Crippen LogP contribution is -2.35. The Labute approximate surface area is 158 Å². The Balaban J connectivity index is 1.48. The van der Waals surface area contributed by atoms with Crippen LogP contribution in [0.1, 0.15) is 67.8 Å². The van der Waals surface area contributed by atoms with Crippen molar-refractivity contribution in [2.75, 3.05) is 40.4 Å². The van der Waals surface area contributed by atoms with E-state index in [2.05, 4.69) is 21.9 Å². The Morgan fingerprint density at radius 3 is 2.85 bits per heavy atom. The van der Waals surface area contributed by atoms with Gasteiger partial charge in [-0.15, -0.1) is 0 Å². The number of aryl methyl sites for hydroxylation is 1. The number of hydrogen-bond acceptors (Lipinski definition) is 4. The average Bonchev–Trinajstić information content (AvgIpc) is 3.23. The van der Waals surface area contributed by atoms with Crippen LogP contribution in [-0.2, 0) is 24.2 Å². The number of fused-ring (bicyclic) bond motifs is 1. The van der Waals surface area contributed by atoms with Crippen molar-refractivity contribution in [3.05, 3.63) is 17.0 Å². The van der Waals surface area contributed by atoms with Crippen LogP contribution >= 0.6 is 0 Å². The molecule has 1 saturated heterocycles. The quantitative estimate of drug-likeness (QED) is 0.847. The fourth-order valence-electron chi connectivity index (χ4n) is 5.46. The molecule has 146 valence electrons. The zero-order chi connectivity index (χ0) is 18.0. The maximum Gasteiger partial charge on any atom is 0.0802 e.